The third-order valence-corrected chi connectivity index (χ3v) is 4.93. The summed E-state index contributed by atoms with van der Waals surface area (Å²) in [7, 11) is 0. The molecule has 2 aromatic rings. The Kier molecular flexibility index (Phi) is 5.92. The normalized spacial score (nSPS) is 19.2. The van der Waals surface area contributed by atoms with Crippen LogP contribution in [0.5, 0.6) is 5.88 Å². The molecule has 0 spiro atoms. The minimum Gasteiger partial charge on any atom is -0.481 e. The van der Waals surface area contributed by atoms with Gasteiger partial charge in [0.05, 0.1) is 5.92 Å². The van der Waals surface area contributed by atoms with Gasteiger partial charge in [-0.25, -0.2) is 4.98 Å². The van der Waals surface area contributed by atoms with E-state index < -0.39 is 5.97 Å². The van der Waals surface area contributed by atoms with E-state index in [1.54, 1.807) is 0 Å². The number of pyridine rings is 1. The van der Waals surface area contributed by atoms with Gasteiger partial charge in [0.25, 0.3) is 0 Å². The molecule has 26 heavy (non-hydrogen) atoms. The molecule has 4 heteroatoms. The quantitative estimate of drug-likeness (QED) is 0.758. The number of carboxylic acid groups (broad SMARTS) is 1. The Morgan fingerprint density at radius 1 is 1.19 bits per heavy atom. The van der Waals surface area contributed by atoms with E-state index in [0.717, 1.165) is 36.8 Å². The summed E-state index contributed by atoms with van der Waals surface area (Å²) in [4.78, 5) is 15.2. The molecule has 0 amide bonds. The lowest BCUT2D eigenvalue weighted by molar-refractivity contribution is -0.146. The minimum absolute atomic E-state index is 0.151. The van der Waals surface area contributed by atoms with Gasteiger partial charge in [0.1, 0.15) is 6.61 Å². The van der Waals surface area contributed by atoms with Gasteiger partial charge in [0.15, 0.2) is 0 Å². The first-order valence-electron chi connectivity index (χ1n) is 9.38. The van der Waals surface area contributed by atoms with E-state index >= 15 is 0 Å². The van der Waals surface area contributed by atoms with Crippen LogP contribution in [-0.2, 0) is 24.2 Å². The molecule has 1 aliphatic rings. The van der Waals surface area contributed by atoms with Crippen LogP contribution in [0.25, 0.3) is 0 Å². The predicted molar refractivity (Wildman–Crippen MR) is 101 cm³/mol. The molecule has 0 aliphatic heterocycles. The average Bonchev–Trinajstić information content (AvgIpc) is 2.56. The number of nitrogens with zero attached hydrogens (tertiary/aromatic N) is 1. The second-order valence-corrected chi connectivity index (χ2v) is 7.79. The topological polar surface area (TPSA) is 59.4 Å². The summed E-state index contributed by atoms with van der Waals surface area (Å²) in [6.45, 7) is 4.96. The van der Waals surface area contributed by atoms with Crippen molar-refractivity contribution in [2.24, 2.45) is 17.8 Å². The van der Waals surface area contributed by atoms with Crippen LogP contribution in [0, 0.1) is 17.8 Å². The van der Waals surface area contributed by atoms with Gasteiger partial charge in [-0.05, 0) is 54.2 Å². The van der Waals surface area contributed by atoms with Crippen LogP contribution in [0.15, 0.2) is 42.6 Å². The lowest BCUT2D eigenvalue weighted by atomic mass is 9.72. The summed E-state index contributed by atoms with van der Waals surface area (Å²) in [6.07, 6.45) is 5.37. The van der Waals surface area contributed by atoms with Gasteiger partial charge in [-0.15, -0.1) is 0 Å². The van der Waals surface area contributed by atoms with Crippen molar-refractivity contribution in [2.75, 3.05) is 0 Å². The number of ether oxygens (including phenoxy) is 1. The number of aliphatic carboxylic acids is 1. The lowest BCUT2D eigenvalue weighted by Gasteiger charge is -2.32. The summed E-state index contributed by atoms with van der Waals surface area (Å²) in [5.41, 5.74) is 3.64. The molecule has 0 bridgehead atoms. The summed E-state index contributed by atoms with van der Waals surface area (Å²) < 4.78 is 5.81. The zero-order valence-corrected chi connectivity index (χ0v) is 15.5. The SMILES string of the molecule is CC(C)Cc1cccc(COc2ccc(CC3CC(C(=O)O)C3)cn2)c1. The van der Waals surface area contributed by atoms with Gasteiger partial charge in [-0.2, -0.15) is 0 Å². The average molecular weight is 353 g/mol. The van der Waals surface area contributed by atoms with Gasteiger partial charge in [0.2, 0.25) is 5.88 Å². The first kappa shape index (κ1) is 18.4. The molecule has 0 saturated heterocycles. The Labute approximate surface area is 155 Å². The molecule has 1 aromatic heterocycles. The van der Waals surface area contributed by atoms with Crippen LogP contribution in [-0.4, -0.2) is 16.1 Å². The predicted octanol–water partition coefficient (Wildman–Crippen LogP) is 4.51. The van der Waals surface area contributed by atoms with Crippen LogP contribution in [0.1, 0.15) is 43.4 Å². The molecule has 1 N–H and O–H groups in total. The van der Waals surface area contributed by atoms with Crippen molar-refractivity contribution in [1.82, 2.24) is 4.98 Å². The van der Waals surface area contributed by atoms with E-state index in [2.05, 4.69) is 43.1 Å². The van der Waals surface area contributed by atoms with E-state index in [9.17, 15) is 4.79 Å². The molecule has 138 valence electrons. The first-order chi connectivity index (χ1) is 12.5. The van der Waals surface area contributed by atoms with E-state index in [1.165, 1.54) is 5.56 Å². The summed E-state index contributed by atoms with van der Waals surface area (Å²) in [5, 5.41) is 8.94. The summed E-state index contributed by atoms with van der Waals surface area (Å²) in [6, 6.07) is 12.4. The van der Waals surface area contributed by atoms with Crippen molar-refractivity contribution in [2.45, 2.75) is 46.1 Å². The number of aromatic nitrogens is 1. The molecule has 0 radical (unpaired) electrons. The maximum absolute atomic E-state index is 10.9. The molecule has 0 unspecified atom stereocenters. The largest absolute Gasteiger partial charge is 0.481 e. The van der Waals surface area contributed by atoms with E-state index in [4.69, 9.17) is 9.84 Å². The van der Waals surface area contributed by atoms with Crippen LogP contribution < -0.4 is 4.74 Å². The van der Waals surface area contributed by atoms with E-state index in [0.29, 0.717) is 24.3 Å². The highest BCUT2D eigenvalue weighted by Crippen LogP contribution is 2.36. The molecule has 4 nitrogen and oxygen atoms in total. The highest BCUT2D eigenvalue weighted by Gasteiger charge is 2.34. The van der Waals surface area contributed by atoms with Crippen molar-refractivity contribution < 1.29 is 14.6 Å². The highest BCUT2D eigenvalue weighted by molar-refractivity contribution is 5.71. The molecule has 3 rings (SSSR count). The second-order valence-electron chi connectivity index (χ2n) is 7.79. The van der Waals surface area contributed by atoms with Crippen molar-refractivity contribution in [1.29, 1.82) is 0 Å². The van der Waals surface area contributed by atoms with Crippen molar-refractivity contribution >= 4 is 5.97 Å². The van der Waals surface area contributed by atoms with Crippen molar-refractivity contribution in [3.8, 4) is 5.88 Å². The highest BCUT2D eigenvalue weighted by atomic mass is 16.5. The third kappa shape index (κ3) is 5.07. The van der Waals surface area contributed by atoms with Crippen LogP contribution in [0.4, 0.5) is 0 Å². The zero-order valence-electron chi connectivity index (χ0n) is 15.5. The van der Waals surface area contributed by atoms with Crippen molar-refractivity contribution in [3.63, 3.8) is 0 Å². The van der Waals surface area contributed by atoms with Crippen LogP contribution >= 0.6 is 0 Å². The molecule has 1 aromatic carbocycles. The minimum atomic E-state index is -0.666. The molecule has 1 aliphatic carbocycles. The maximum atomic E-state index is 10.9. The molecule has 1 heterocycles. The first-order valence-corrected chi connectivity index (χ1v) is 9.38. The molecule has 0 atom stereocenters. The number of carbonyl (C=O) groups is 1. The number of benzene rings is 1. The fourth-order valence-corrected chi connectivity index (χ4v) is 3.53. The number of carboxylic acids is 1. The molecular weight excluding hydrogens is 326 g/mol. The smallest absolute Gasteiger partial charge is 0.306 e. The number of hydrogen-bond acceptors (Lipinski definition) is 3. The van der Waals surface area contributed by atoms with Gasteiger partial charge in [-0.3, -0.25) is 4.79 Å². The monoisotopic (exact) mass is 353 g/mol. The Bertz CT molecular complexity index is 733. The molecule has 1 fully saturated rings. The van der Waals surface area contributed by atoms with Gasteiger partial charge >= 0.3 is 5.97 Å². The Balaban J connectivity index is 1.48. The third-order valence-electron chi connectivity index (χ3n) is 4.93. The van der Waals surface area contributed by atoms with Crippen LogP contribution in [0.3, 0.4) is 0 Å². The fraction of sp³-hybridized carbons (Fsp3) is 0.455. The summed E-state index contributed by atoms with van der Waals surface area (Å²) in [5.74, 6) is 0.915. The number of rotatable bonds is 8. The maximum Gasteiger partial charge on any atom is 0.306 e. The van der Waals surface area contributed by atoms with Gasteiger partial charge < -0.3 is 9.84 Å². The Morgan fingerprint density at radius 3 is 2.62 bits per heavy atom. The Hall–Kier alpha value is -2.36. The van der Waals surface area contributed by atoms with Gasteiger partial charge in [0, 0.05) is 12.3 Å². The molecular formula is C22H27NO3. The zero-order chi connectivity index (χ0) is 18.5. The fourth-order valence-electron chi connectivity index (χ4n) is 3.53. The van der Waals surface area contributed by atoms with Crippen molar-refractivity contribution in [3.05, 3.63) is 59.3 Å². The Morgan fingerprint density at radius 2 is 1.96 bits per heavy atom. The van der Waals surface area contributed by atoms with Crippen LogP contribution in [0.2, 0.25) is 0 Å². The second kappa shape index (κ2) is 8.35. The van der Waals surface area contributed by atoms with E-state index in [1.807, 2.05) is 18.3 Å². The molecule has 1 saturated carbocycles. The lowest BCUT2D eigenvalue weighted by Crippen LogP contribution is -2.31. The summed E-state index contributed by atoms with van der Waals surface area (Å²) >= 11 is 0. The van der Waals surface area contributed by atoms with E-state index in [-0.39, 0.29) is 5.92 Å². The standard InChI is InChI=1S/C22H27NO3/c1-15(2)8-16-4-3-5-18(9-16)14-26-21-7-6-17(13-23-21)10-19-11-20(12-19)22(24)25/h3-7,9,13,15,19-20H,8,10-12,14H2,1-2H3,(H,24,25). The number of hydrogen-bond donors (Lipinski definition) is 1. The van der Waals surface area contributed by atoms with Gasteiger partial charge in [-0.1, -0.05) is 44.2 Å².